The quantitative estimate of drug-likeness (QED) is 0.154. The van der Waals surface area contributed by atoms with Crippen LogP contribution in [0, 0.1) is 5.92 Å². The summed E-state index contributed by atoms with van der Waals surface area (Å²) in [5, 5.41) is 13.7. The van der Waals surface area contributed by atoms with E-state index in [9.17, 15) is 0 Å². The van der Waals surface area contributed by atoms with E-state index in [4.69, 9.17) is 0 Å². The Labute approximate surface area is 402 Å². The van der Waals surface area contributed by atoms with E-state index >= 15 is 0 Å². The van der Waals surface area contributed by atoms with Gasteiger partial charge in [-0.3, -0.25) is 16.0 Å². The summed E-state index contributed by atoms with van der Waals surface area (Å²) in [6.45, 7) is 0. The molecule has 3 fully saturated rings. The Kier molecular flexibility index (Phi) is 10.1. The van der Waals surface area contributed by atoms with Gasteiger partial charge in [0.15, 0.2) is 0 Å². The van der Waals surface area contributed by atoms with Crippen molar-refractivity contribution in [3.63, 3.8) is 0 Å². The largest absolute Gasteiger partial charge is 0.282 e. The zero-order valence-electron chi connectivity index (χ0n) is 39.1. The molecule has 67 heavy (non-hydrogen) atoms. The zero-order valence-corrected chi connectivity index (χ0v) is 40.0. The third-order valence-electron chi connectivity index (χ3n) is 18.5. The fourth-order valence-corrected chi connectivity index (χ4v) is 16.6. The van der Waals surface area contributed by atoms with Gasteiger partial charge in [0.05, 0.1) is 18.5 Å². The van der Waals surface area contributed by atoms with E-state index in [1.165, 1.54) is 127 Å². The SMILES string of the molecule is C1=CCC(C2NC(C3=CC=C(c4ccccc4)CC3)NC(c3cccc4c5c(sc34)CCC(c3cccc4c3-c3cc6c(cc3C43CCCCC3)C3CCCC=C3C63CCCCC3)=C5)N2)C=C1. The van der Waals surface area contributed by atoms with Crippen LogP contribution in [-0.2, 0) is 17.3 Å². The number of rotatable bonds is 5. The molecule has 0 radical (unpaired) electrons. The molecule has 4 aromatic carbocycles. The Balaban J connectivity index is 0.851. The minimum absolute atomic E-state index is 0.0255. The van der Waals surface area contributed by atoms with Crippen molar-refractivity contribution >= 4 is 38.6 Å². The number of nitrogens with one attached hydrogen (secondary N) is 3. The van der Waals surface area contributed by atoms with Gasteiger partial charge in [0.2, 0.25) is 0 Å². The lowest BCUT2D eigenvalue weighted by Crippen LogP contribution is -2.65. The van der Waals surface area contributed by atoms with E-state index < -0.39 is 0 Å². The van der Waals surface area contributed by atoms with Crippen LogP contribution in [0.4, 0.5) is 0 Å². The van der Waals surface area contributed by atoms with Crippen molar-refractivity contribution in [3.05, 3.63) is 182 Å². The molecular formula is C63H65N3S. The lowest BCUT2D eigenvalue weighted by molar-refractivity contribution is 0.185. The maximum absolute atomic E-state index is 4.12. The number of aryl methyl sites for hydroxylation is 1. The molecule has 4 heteroatoms. The zero-order chi connectivity index (χ0) is 44.1. The Morgan fingerprint density at radius 3 is 2.25 bits per heavy atom. The molecule has 2 spiro atoms. The molecule has 5 aromatic rings. The van der Waals surface area contributed by atoms with Crippen molar-refractivity contribution in [3.8, 4) is 11.1 Å². The van der Waals surface area contributed by atoms with E-state index in [2.05, 4.69) is 155 Å². The molecule has 9 aliphatic rings. The van der Waals surface area contributed by atoms with Gasteiger partial charge in [-0.25, -0.2) is 0 Å². The molecule has 3 nitrogen and oxygen atoms in total. The average Bonchev–Trinajstić information content (AvgIpc) is 4.00. The molecule has 338 valence electrons. The van der Waals surface area contributed by atoms with E-state index in [1.807, 2.05) is 5.57 Å². The average molecular weight is 896 g/mol. The maximum atomic E-state index is 4.12. The lowest BCUT2D eigenvalue weighted by atomic mass is 9.65. The van der Waals surface area contributed by atoms with Gasteiger partial charge in [-0.15, -0.1) is 11.3 Å². The first-order chi connectivity index (χ1) is 33.1. The molecular weight excluding hydrogens is 831 g/mol. The second kappa shape index (κ2) is 16.4. The Morgan fingerprint density at radius 1 is 0.612 bits per heavy atom. The number of fused-ring (bicyclic) bond motifs is 13. The predicted molar refractivity (Wildman–Crippen MR) is 281 cm³/mol. The number of allylic oxidation sites excluding steroid dienone is 9. The first kappa shape index (κ1) is 41.2. The highest BCUT2D eigenvalue weighted by Crippen LogP contribution is 2.65. The van der Waals surface area contributed by atoms with Crippen LogP contribution in [0.1, 0.15) is 171 Å². The van der Waals surface area contributed by atoms with E-state index in [0.717, 1.165) is 32.1 Å². The first-order valence-electron chi connectivity index (χ1n) is 26.5. The molecule has 0 bridgehead atoms. The topological polar surface area (TPSA) is 36.1 Å². The summed E-state index contributed by atoms with van der Waals surface area (Å²) in [6.07, 6.45) is 42.4. The van der Waals surface area contributed by atoms with Crippen LogP contribution in [0.25, 0.3) is 38.4 Å². The van der Waals surface area contributed by atoms with Gasteiger partial charge in [-0.05, 0) is 156 Å². The molecule has 8 aliphatic carbocycles. The van der Waals surface area contributed by atoms with Gasteiger partial charge >= 0.3 is 0 Å². The van der Waals surface area contributed by atoms with Crippen LogP contribution in [0.2, 0.25) is 0 Å². The van der Waals surface area contributed by atoms with Gasteiger partial charge in [-0.2, -0.15) is 0 Å². The summed E-state index contributed by atoms with van der Waals surface area (Å²) in [6, 6.07) is 31.3. The lowest BCUT2D eigenvalue weighted by Gasteiger charge is -2.43. The highest BCUT2D eigenvalue weighted by atomic mass is 32.1. The van der Waals surface area contributed by atoms with Crippen LogP contribution < -0.4 is 16.0 Å². The highest BCUT2D eigenvalue weighted by molar-refractivity contribution is 7.19. The second-order valence-electron chi connectivity index (χ2n) is 21.8. The Hall–Kier alpha value is -4.84. The normalized spacial score (nSPS) is 27.7. The molecule has 2 saturated carbocycles. The molecule has 3 N–H and O–H groups in total. The van der Waals surface area contributed by atoms with Crippen LogP contribution in [0.3, 0.4) is 0 Å². The van der Waals surface area contributed by atoms with Crippen LogP contribution in [-0.4, -0.2) is 12.3 Å². The minimum atomic E-state index is 0.0255. The van der Waals surface area contributed by atoms with Gasteiger partial charge in [0.25, 0.3) is 0 Å². The van der Waals surface area contributed by atoms with Gasteiger partial charge in [0, 0.05) is 43.2 Å². The summed E-state index contributed by atoms with van der Waals surface area (Å²) in [7, 11) is 0. The molecule has 1 aromatic heterocycles. The smallest absolute Gasteiger partial charge is 0.0876 e. The minimum Gasteiger partial charge on any atom is -0.282 e. The molecule has 1 aliphatic heterocycles. The van der Waals surface area contributed by atoms with E-state index in [0.29, 0.717) is 11.8 Å². The van der Waals surface area contributed by atoms with E-state index in [1.54, 1.807) is 43.8 Å². The first-order valence-corrected chi connectivity index (χ1v) is 27.3. The van der Waals surface area contributed by atoms with Gasteiger partial charge < -0.3 is 0 Å². The van der Waals surface area contributed by atoms with Crippen LogP contribution in [0.5, 0.6) is 0 Å². The Morgan fingerprint density at radius 2 is 1.43 bits per heavy atom. The summed E-state index contributed by atoms with van der Waals surface area (Å²) in [4.78, 5) is 1.55. The second-order valence-corrected chi connectivity index (χ2v) is 22.9. The number of benzene rings is 4. The molecule has 5 unspecified atom stereocenters. The molecule has 2 heterocycles. The number of hydrogen-bond acceptors (Lipinski definition) is 4. The monoisotopic (exact) mass is 895 g/mol. The maximum Gasteiger partial charge on any atom is 0.0876 e. The molecule has 14 rings (SSSR count). The standard InChI is InChI=1S/C63H65N3S/c1-5-17-40(18-6-1)41-27-29-43(30-28-41)60-64-59(42-19-7-2-8-20-42)65-61(66-60)48-24-15-23-47-50-37-44(31-32-56(50)67-58(47)48)45-22-16-26-53-57(45)51-39-54-49(38-55(51)63(53)35-13-4-14-36-63)46-21-9-10-25-52(46)62(54)33-11-3-12-34-62/h1-2,5-8,15-19,22-27,29,37-39,42,46,59-61,64-66H,3-4,9-14,20-21,28,30-36H2. The van der Waals surface area contributed by atoms with Crippen molar-refractivity contribution in [2.24, 2.45) is 5.92 Å². The third-order valence-corrected chi connectivity index (χ3v) is 19.8. The van der Waals surface area contributed by atoms with Crippen molar-refractivity contribution in [1.82, 2.24) is 16.0 Å². The molecule has 0 amide bonds. The van der Waals surface area contributed by atoms with Crippen LogP contribution in [0.15, 0.2) is 133 Å². The van der Waals surface area contributed by atoms with Gasteiger partial charge in [-0.1, -0.05) is 159 Å². The fourth-order valence-electron chi connectivity index (χ4n) is 15.3. The fraction of sp³-hybridized carbons (Fsp3) is 0.397. The highest BCUT2D eigenvalue weighted by Gasteiger charge is 2.52. The van der Waals surface area contributed by atoms with E-state index in [-0.39, 0.29) is 29.3 Å². The number of hydrogen-bond donors (Lipinski definition) is 3. The summed E-state index contributed by atoms with van der Waals surface area (Å²) >= 11 is 2.06. The van der Waals surface area contributed by atoms with Gasteiger partial charge in [0.1, 0.15) is 0 Å². The number of thiophene rings is 1. The summed E-state index contributed by atoms with van der Waals surface area (Å²) in [5.41, 5.74) is 22.4. The molecule has 1 saturated heterocycles. The third kappa shape index (κ3) is 6.52. The Bertz CT molecular complexity index is 2990. The van der Waals surface area contributed by atoms with Crippen molar-refractivity contribution in [2.75, 3.05) is 0 Å². The predicted octanol–water partition coefficient (Wildman–Crippen LogP) is 15.4. The summed E-state index contributed by atoms with van der Waals surface area (Å²) in [5.74, 6) is 1.04. The molecule has 5 atom stereocenters. The summed E-state index contributed by atoms with van der Waals surface area (Å²) < 4.78 is 1.44. The van der Waals surface area contributed by atoms with Crippen molar-refractivity contribution < 1.29 is 0 Å². The van der Waals surface area contributed by atoms with Crippen molar-refractivity contribution in [2.45, 2.75) is 151 Å². The van der Waals surface area contributed by atoms with Crippen LogP contribution >= 0.6 is 11.3 Å². The van der Waals surface area contributed by atoms with Crippen molar-refractivity contribution in [1.29, 1.82) is 0 Å².